The first-order chi connectivity index (χ1) is 17.5. The molecule has 2 heterocycles. The summed E-state index contributed by atoms with van der Waals surface area (Å²) in [7, 11) is 3.61. The highest BCUT2D eigenvalue weighted by atomic mass is 16.5. The number of hydrogen-bond acceptors (Lipinski definition) is 7. The summed E-state index contributed by atoms with van der Waals surface area (Å²) in [5.41, 5.74) is 4.07. The van der Waals surface area contributed by atoms with E-state index in [4.69, 9.17) is 19.3 Å². The second-order valence-corrected chi connectivity index (χ2v) is 9.33. The number of morpholine rings is 1. The van der Waals surface area contributed by atoms with Crippen LogP contribution in [-0.2, 0) is 23.1 Å². The lowest BCUT2D eigenvalue weighted by atomic mass is 10.1. The Balaban J connectivity index is 1.60. The zero-order chi connectivity index (χ0) is 25.3. The molecule has 8 nitrogen and oxygen atoms in total. The van der Waals surface area contributed by atoms with Crippen molar-refractivity contribution in [2.75, 3.05) is 59.7 Å². The van der Waals surface area contributed by atoms with Crippen molar-refractivity contribution in [3.05, 3.63) is 65.7 Å². The Bertz CT molecular complexity index is 1070. The van der Waals surface area contributed by atoms with Crippen molar-refractivity contribution in [3.8, 4) is 22.9 Å². The lowest BCUT2D eigenvalue weighted by Gasteiger charge is -2.31. The third-order valence-corrected chi connectivity index (χ3v) is 6.41. The van der Waals surface area contributed by atoms with Crippen LogP contribution in [0.4, 0.5) is 0 Å². The molecule has 0 amide bonds. The van der Waals surface area contributed by atoms with Crippen LogP contribution in [0.15, 0.2) is 54.6 Å². The standard InChI is InChI=1S/C28H38N4O4/c1-22-9-11-25(12-10-22)36-28-26(27(29-30(28)2)23-7-5-4-6-8-23)21-32(13-16-34-3)20-24(33)19-31-14-17-35-18-15-31/h4-12,24,33H,13-21H2,1-3H3. The number of nitrogens with zero attached hydrogens (tertiary/aromatic N) is 4. The van der Waals surface area contributed by atoms with Crippen LogP contribution in [0.25, 0.3) is 11.3 Å². The quantitative estimate of drug-likeness (QED) is 0.414. The van der Waals surface area contributed by atoms with Crippen molar-refractivity contribution >= 4 is 0 Å². The molecule has 1 saturated heterocycles. The number of aliphatic hydroxyl groups is 1. The summed E-state index contributed by atoms with van der Waals surface area (Å²) < 4.78 is 19.0. The zero-order valence-electron chi connectivity index (χ0n) is 21.6. The first kappa shape index (κ1) is 26.3. The summed E-state index contributed by atoms with van der Waals surface area (Å²) in [6.07, 6.45) is -0.488. The van der Waals surface area contributed by atoms with Crippen LogP contribution >= 0.6 is 0 Å². The molecule has 0 spiro atoms. The minimum absolute atomic E-state index is 0.488. The van der Waals surface area contributed by atoms with Gasteiger partial charge in [-0.05, 0) is 19.1 Å². The predicted molar refractivity (Wildman–Crippen MR) is 140 cm³/mol. The maximum absolute atomic E-state index is 11.0. The van der Waals surface area contributed by atoms with Gasteiger partial charge < -0.3 is 19.3 Å². The van der Waals surface area contributed by atoms with Gasteiger partial charge >= 0.3 is 0 Å². The Hall–Kier alpha value is -2.75. The molecular formula is C28H38N4O4. The van der Waals surface area contributed by atoms with Gasteiger partial charge in [0.05, 0.1) is 31.5 Å². The molecule has 1 aromatic heterocycles. The van der Waals surface area contributed by atoms with Crippen LogP contribution in [0.1, 0.15) is 11.1 Å². The minimum atomic E-state index is -0.488. The number of β-amino-alcohol motifs (C(OH)–C–C–N with tert-alkyl or cyclic N) is 1. The largest absolute Gasteiger partial charge is 0.439 e. The molecule has 1 atom stereocenters. The van der Waals surface area contributed by atoms with E-state index in [1.807, 2.05) is 49.5 Å². The van der Waals surface area contributed by atoms with Gasteiger partial charge in [0.1, 0.15) is 11.4 Å². The molecule has 4 rings (SSSR count). The summed E-state index contributed by atoms with van der Waals surface area (Å²) >= 11 is 0. The fraction of sp³-hybridized carbons (Fsp3) is 0.464. The third-order valence-electron chi connectivity index (χ3n) is 6.41. The molecule has 194 valence electrons. The molecule has 1 aliphatic heterocycles. The molecule has 0 radical (unpaired) electrons. The summed E-state index contributed by atoms with van der Waals surface area (Å²) in [5, 5.41) is 15.8. The van der Waals surface area contributed by atoms with Gasteiger partial charge in [0.15, 0.2) is 0 Å². The SMILES string of the molecule is COCCN(Cc1c(-c2ccccc2)nn(C)c1Oc1ccc(C)cc1)CC(O)CN1CCOCC1. The van der Waals surface area contributed by atoms with Crippen molar-refractivity contribution < 1.29 is 19.3 Å². The summed E-state index contributed by atoms with van der Waals surface area (Å²) in [6, 6.07) is 18.2. The van der Waals surface area contributed by atoms with Crippen molar-refractivity contribution in [1.82, 2.24) is 19.6 Å². The van der Waals surface area contributed by atoms with Gasteiger partial charge in [-0.25, -0.2) is 4.68 Å². The van der Waals surface area contributed by atoms with E-state index in [2.05, 4.69) is 28.9 Å². The van der Waals surface area contributed by atoms with E-state index in [1.165, 1.54) is 5.56 Å². The normalized spacial score (nSPS) is 15.4. The van der Waals surface area contributed by atoms with E-state index in [9.17, 15) is 5.11 Å². The molecular weight excluding hydrogens is 456 g/mol. The number of aryl methyl sites for hydroxylation is 2. The van der Waals surface area contributed by atoms with Crippen molar-refractivity contribution in [3.63, 3.8) is 0 Å². The van der Waals surface area contributed by atoms with Crippen LogP contribution in [0, 0.1) is 6.92 Å². The van der Waals surface area contributed by atoms with Gasteiger partial charge in [-0.15, -0.1) is 0 Å². The van der Waals surface area contributed by atoms with Gasteiger partial charge in [-0.1, -0.05) is 48.0 Å². The van der Waals surface area contributed by atoms with Crippen LogP contribution in [-0.4, -0.2) is 90.4 Å². The summed E-state index contributed by atoms with van der Waals surface area (Å²) in [4.78, 5) is 4.48. The average Bonchev–Trinajstić information content (AvgIpc) is 3.19. The minimum Gasteiger partial charge on any atom is -0.439 e. The summed E-state index contributed by atoms with van der Waals surface area (Å²) in [6.45, 7) is 8.17. The van der Waals surface area contributed by atoms with Gasteiger partial charge in [0, 0.05) is 59.0 Å². The Morgan fingerprint density at radius 2 is 1.81 bits per heavy atom. The monoisotopic (exact) mass is 494 g/mol. The lowest BCUT2D eigenvalue weighted by molar-refractivity contribution is 0.00434. The van der Waals surface area contributed by atoms with Gasteiger partial charge in [0.25, 0.3) is 0 Å². The smallest absolute Gasteiger partial charge is 0.222 e. The van der Waals surface area contributed by atoms with E-state index in [-0.39, 0.29) is 0 Å². The highest BCUT2D eigenvalue weighted by molar-refractivity contribution is 5.65. The first-order valence-corrected chi connectivity index (χ1v) is 12.6. The third kappa shape index (κ3) is 7.15. The molecule has 1 N–H and O–H groups in total. The Morgan fingerprint density at radius 3 is 2.50 bits per heavy atom. The molecule has 0 saturated carbocycles. The number of aromatic nitrogens is 2. The number of hydrogen-bond donors (Lipinski definition) is 1. The fourth-order valence-electron chi connectivity index (χ4n) is 4.48. The average molecular weight is 495 g/mol. The van der Waals surface area contributed by atoms with E-state index in [1.54, 1.807) is 11.8 Å². The molecule has 1 fully saturated rings. The number of rotatable bonds is 12. The summed E-state index contributed by atoms with van der Waals surface area (Å²) in [5.74, 6) is 1.46. The molecule has 3 aromatic rings. The second-order valence-electron chi connectivity index (χ2n) is 9.33. The highest BCUT2D eigenvalue weighted by Crippen LogP contribution is 2.34. The molecule has 36 heavy (non-hydrogen) atoms. The Kier molecular flexibility index (Phi) is 9.49. The molecule has 0 bridgehead atoms. The van der Waals surface area contributed by atoms with Gasteiger partial charge in [-0.2, -0.15) is 5.10 Å². The first-order valence-electron chi connectivity index (χ1n) is 12.6. The van der Waals surface area contributed by atoms with Gasteiger partial charge in [-0.3, -0.25) is 9.80 Å². The van der Waals surface area contributed by atoms with Crippen LogP contribution in [0.2, 0.25) is 0 Å². The highest BCUT2D eigenvalue weighted by Gasteiger charge is 2.24. The molecule has 1 aliphatic rings. The van der Waals surface area contributed by atoms with E-state index >= 15 is 0 Å². The zero-order valence-corrected chi connectivity index (χ0v) is 21.6. The number of ether oxygens (including phenoxy) is 3. The van der Waals surface area contributed by atoms with E-state index < -0.39 is 6.10 Å². The Morgan fingerprint density at radius 1 is 1.08 bits per heavy atom. The Labute approximate surface area is 214 Å². The van der Waals surface area contributed by atoms with E-state index in [0.717, 1.165) is 48.9 Å². The molecule has 2 aromatic carbocycles. The predicted octanol–water partition coefficient (Wildman–Crippen LogP) is 3.33. The second kappa shape index (κ2) is 13.0. The van der Waals surface area contributed by atoms with Crippen LogP contribution in [0.3, 0.4) is 0 Å². The number of methoxy groups -OCH3 is 1. The number of benzene rings is 2. The number of aliphatic hydroxyl groups excluding tert-OH is 1. The fourth-order valence-corrected chi connectivity index (χ4v) is 4.48. The molecule has 8 heteroatoms. The maximum atomic E-state index is 11.0. The van der Waals surface area contributed by atoms with Crippen LogP contribution < -0.4 is 4.74 Å². The molecule has 0 aliphatic carbocycles. The van der Waals surface area contributed by atoms with Crippen molar-refractivity contribution in [2.45, 2.75) is 19.6 Å². The molecule has 1 unspecified atom stereocenters. The van der Waals surface area contributed by atoms with Crippen LogP contribution in [0.5, 0.6) is 11.6 Å². The maximum Gasteiger partial charge on any atom is 0.222 e. The van der Waals surface area contributed by atoms with E-state index in [0.29, 0.717) is 38.7 Å². The van der Waals surface area contributed by atoms with Crippen molar-refractivity contribution in [1.29, 1.82) is 0 Å². The van der Waals surface area contributed by atoms with Gasteiger partial charge in [0.2, 0.25) is 5.88 Å². The lowest BCUT2D eigenvalue weighted by Crippen LogP contribution is -2.45. The van der Waals surface area contributed by atoms with Crippen molar-refractivity contribution in [2.24, 2.45) is 7.05 Å². The topological polar surface area (TPSA) is 72.2 Å².